The summed E-state index contributed by atoms with van der Waals surface area (Å²) >= 11 is 0. The molecule has 0 amide bonds. The lowest BCUT2D eigenvalue weighted by Gasteiger charge is -2.14. The first-order chi connectivity index (χ1) is 7.67. The van der Waals surface area contributed by atoms with Crippen LogP contribution in [0.4, 0.5) is 0 Å². The molecule has 0 saturated heterocycles. The maximum absolute atomic E-state index is 11.2. The molecule has 1 unspecified atom stereocenters. The molecular weight excluding hydrogens is 204 g/mol. The number of ether oxygens (including phenoxy) is 1. The third-order valence-electron chi connectivity index (χ3n) is 2.46. The summed E-state index contributed by atoms with van der Waals surface area (Å²) in [6.07, 6.45) is 2.81. The number of carbonyl (C=O) groups excluding carboxylic acids is 1. The van der Waals surface area contributed by atoms with Crippen molar-refractivity contribution in [2.45, 2.75) is 18.8 Å². The Hall–Kier alpha value is -1.77. The van der Waals surface area contributed by atoms with Crippen molar-refractivity contribution in [1.29, 1.82) is 0 Å². The molecule has 0 heterocycles. The Morgan fingerprint density at radius 1 is 1.50 bits per heavy atom. The number of methoxy groups -OCH3 is 1. The second-order valence-electron chi connectivity index (χ2n) is 3.59. The van der Waals surface area contributed by atoms with Gasteiger partial charge in [0.25, 0.3) is 0 Å². The van der Waals surface area contributed by atoms with Gasteiger partial charge >= 0.3 is 5.97 Å². The maximum atomic E-state index is 11.2. The SMILES string of the molecule is C=CCC(CC(=O)OC)c1ccc(O)cc1. The predicted molar refractivity (Wildman–Crippen MR) is 62.3 cm³/mol. The van der Waals surface area contributed by atoms with E-state index in [1.807, 2.05) is 12.1 Å². The van der Waals surface area contributed by atoms with Crippen molar-refractivity contribution < 1.29 is 14.6 Å². The molecule has 0 aromatic heterocycles. The molecule has 0 radical (unpaired) electrons. The molecule has 0 aliphatic heterocycles. The van der Waals surface area contributed by atoms with E-state index in [4.69, 9.17) is 0 Å². The number of hydrogen-bond donors (Lipinski definition) is 1. The Morgan fingerprint density at radius 2 is 2.12 bits per heavy atom. The molecule has 3 heteroatoms. The molecule has 1 rings (SSSR count). The van der Waals surface area contributed by atoms with Crippen LogP contribution >= 0.6 is 0 Å². The van der Waals surface area contributed by atoms with Crippen molar-refractivity contribution in [2.75, 3.05) is 7.11 Å². The van der Waals surface area contributed by atoms with Crippen LogP contribution in [0.25, 0.3) is 0 Å². The summed E-state index contributed by atoms with van der Waals surface area (Å²) in [7, 11) is 1.38. The molecule has 1 atom stereocenters. The summed E-state index contributed by atoms with van der Waals surface area (Å²) in [5, 5.41) is 9.18. The molecule has 16 heavy (non-hydrogen) atoms. The molecule has 0 aliphatic carbocycles. The quantitative estimate of drug-likeness (QED) is 0.613. The second kappa shape index (κ2) is 5.95. The van der Waals surface area contributed by atoms with Gasteiger partial charge in [-0.15, -0.1) is 6.58 Å². The number of rotatable bonds is 5. The zero-order chi connectivity index (χ0) is 12.0. The van der Waals surface area contributed by atoms with Gasteiger partial charge in [0.05, 0.1) is 13.5 Å². The van der Waals surface area contributed by atoms with Gasteiger partial charge in [0, 0.05) is 0 Å². The first-order valence-corrected chi connectivity index (χ1v) is 5.14. The number of aromatic hydroxyl groups is 1. The number of phenolic OH excluding ortho intramolecular Hbond substituents is 1. The van der Waals surface area contributed by atoms with E-state index in [9.17, 15) is 9.90 Å². The van der Waals surface area contributed by atoms with Crippen LogP contribution in [0.3, 0.4) is 0 Å². The van der Waals surface area contributed by atoms with Crippen LogP contribution in [0.1, 0.15) is 24.3 Å². The molecule has 0 bridgehead atoms. The molecular formula is C13H16O3. The summed E-state index contributed by atoms with van der Waals surface area (Å²) in [5.74, 6) is 0.0460. The summed E-state index contributed by atoms with van der Waals surface area (Å²) in [4.78, 5) is 11.2. The van der Waals surface area contributed by atoms with Crippen molar-refractivity contribution in [1.82, 2.24) is 0 Å². The average molecular weight is 220 g/mol. The fraction of sp³-hybridized carbons (Fsp3) is 0.308. The number of hydrogen-bond acceptors (Lipinski definition) is 3. The molecule has 0 spiro atoms. The van der Waals surface area contributed by atoms with Crippen LogP contribution in [0, 0.1) is 0 Å². The van der Waals surface area contributed by atoms with Crippen molar-refractivity contribution in [2.24, 2.45) is 0 Å². The topological polar surface area (TPSA) is 46.5 Å². The lowest BCUT2D eigenvalue weighted by Crippen LogP contribution is -2.08. The summed E-state index contributed by atoms with van der Waals surface area (Å²) < 4.78 is 4.65. The third kappa shape index (κ3) is 3.42. The minimum atomic E-state index is -0.236. The van der Waals surface area contributed by atoms with E-state index in [0.29, 0.717) is 12.8 Å². The normalized spacial score (nSPS) is 11.8. The van der Waals surface area contributed by atoms with Gasteiger partial charge in [0.2, 0.25) is 0 Å². The van der Waals surface area contributed by atoms with E-state index < -0.39 is 0 Å². The smallest absolute Gasteiger partial charge is 0.306 e. The van der Waals surface area contributed by atoms with Crippen LogP contribution in [-0.2, 0) is 9.53 Å². The van der Waals surface area contributed by atoms with Crippen LogP contribution < -0.4 is 0 Å². The standard InChI is InChI=1S/C13H16O3/c1-3-4-11(9-13(15)16-2)10-5-7-12(14)8-6-10/h3,5-8,11,14H,1,4,9H2,2H3. The van der Waals surface area contributed by atoms with Gasteiger partial charge in [-0.05, 0) is 30.0 Å². The van der Waals surface area contributed by atoms with Gasteiger partial charge in [-0.2, -0.15) is 0 Å². The first-order valence-electron chi connectivity index (χ1n) is 5.14. The van der Waals surface area contributed by atoms with Gasteiger partial charge in [-0.25, -0.2) is 0 Å². The summed E-state index contributed by atoms with van der Waals surface area (Å²) in [5.41, 5.74) is 1.00. The molecule has 3 nitrogen and oxygen atoms in total. The summed E-state index contributed by atoms with van der Waals surface area (Å²) in [6, 6.07) is 6.85. The van der Waals surface area contributed by atoms with Gasteiger partial charge in [0.15, 0.2) is 0 Å². The first kappa shape index (κ1) is 12.3. The van der Waals surface area contributed by atoms with Crippen molar-refractivity contribution >= 4 is 5.97 Å². The Kier molecular flexibility index (Phi) is 4.58. The van der Waals surface area contributed by atoms with E-state index in [-0.39, 0.29) is 17.6 Å². The molecule has 0 saturated carbocycles. The molecule has 1 aromatic carbocycles. The van der Waals surface area contributed by atoms with Gasteiger partial charge in [0.1, 0.15) is 5.75 Å². The molecule has 0 fully saturated rings. The van der Waals surface area contributed by atoms with Gasteiger partial charge in [-0.1, -0.05) is 18.2 Å². The Labute approximate surface area is 95.4 Å². The van der Waals surface area contributed by atoms with Crippen LogP contribution in [0.5, 0.6) is 5.75 Å². The average Bonchev–Trinajstić information content (AvgIpc) is 2.29. The van der Waals surface area contributed by atoms with Crippen LogP contribution in [0.15, 0.2) is 36.9 Å². The Morgan fingerprint density at radius 3 is 2.62 bits per heavy atom. The third-order valence-corrected chi connectivity index (χ3v) is 2.46. The number of carbonyl (C=O) groups is 1. The van der Waals surface area contributed by atoms with E-state index >= 15 is 0 Å². The van der Waals surface area contributed by atoms with Crippen molar-refractivity contribution in [3.8, 4) is 5.75 Å². The predicted octanol–water partition coefficient (Wildman–Crippen LogP) is 2.62. The van der Waals surface area contributed by atoms with E-state index in [1.165, 1.54) is 7.11 Å². The van der Waals surface area contributed by atoms with Crippen molar-refractivity contribution in [3.63, 3.8) is 0 Å². The monoisotopic (exact) mass is 220 g/mol. The van der Waals surface area contributed by atoms with Crippen LogP contribution in [0.2, 0.25) is 0 Å². The highest BCUT2D eigenvalue weighted by atomic mass is 16.5. The van der Waals surface area contributed by atoms with E-state index in [1.54, 1.807) is 18.2 Å². The zero-order valence-electron chi connectivity index (χ0n) is 9.35. The zero-order valence-corrected chi connectivity index (χ0v) is 9.35. The van der Waals surface area contributed by atoms with Crippen LogP contribution in [-0.4, -0.2) is 18.2 Å². The molecule has 1 aromatic rings. The molecule has 1 N–H and O–H groups in total. The highest BCUT2D eigenvalue weighted by molar-refractivity contribution is 5.70. The van der Waals surface area contributed by atoms with Gasteiger partial charge in [-0.3, -0.25) is 4.79 Å². The largest absolute Gasteiger partial charge is 0.508 e. The fourth-order valence-corrected chi connectivity index (χ4v) is 1.57. The number of allylic oxidation sites excluding steroid dienone is 1. The maximum Gasteiger partial charge on any atom is 0.306 e. The Balaban J connectivity index is 2.80. The lowest BCUT2D eigenvalue weighted by molar-refractivity contribution is -0.141. The van der Waals surface area contributed by atoms with E-state index in [0.717, 1.165) is 5.56 Å². The molecule has 0 aliphatic rings. The highest BCUT2D eigenvalue weighted by Gasteiger charge is 2.14. The van der Waals surface area contributed by atoms with Gasteiger partial charge < -0.3 is 9.84 Å². The Bertz CT molecular complexity index is 354. The van der Waals surface area contributed by atoms with E-state index in [2.05, 4.69) is 11.3 Å². The highest BCUT2D eigenvalue weighted by Crippen LogP contribution is 2.25. The fourth-order valence-electron chi connectivity index (χ4n) is 1.57. The molecule has 86 valence electrons. The minimum Gasteiger partial charge on any atom is -0.508 e. The second-order valence-corrected chi connectivity index (χ2v) is 3.59. The summed E-state index contributed by atoms with van der Waals surface area (Å²) in [6.45, 7) is 3.68. The lowest BCUT2D eigenvalue weighted by atomic mass is 9.92. The minimum absolute atomic E-state index is 0.0607. The number of phenols is 1. The van der Waals surface area contributed by atoms with Crippen molar-refractivity contribution in [3.05, 3.63) is 42.5 Å². The number of esters is 1. The number of benzene rings is 1.